The maximum atomic E-state index is 2.67. The van der Waals surface area contributed by atoms with Gasteiger partial charge < -0.3 is 4.90 Å². The molecule has 2 rings (SSSR count). The minimum Gasteiger partial charge on any atom is -0.303 e. The first kappa shape index (κ1) is 17.5. The number of likely N-dealkylation sites (tertiary alicyclic amines) is 1. The van der Waals surface area contributed by atoms with Crippen molar-refractivity contribution in [2.75, 3.05) is 19.6 Å². The molecule has 0 saturated carbocycles. The normalized spacial score (nSPS) is 17.8. The fraction of sp³-hybridized carbons (Fsp3) is 0.667. The van der Waals surface area contributed by atoms with Crippen LogP contribution < -0.4 is 0 Å². The summed E-state index contributed by atoms with van der Waals surface area (Å²) >= 11 is 0. The highest BCUT2D eigenvalue weighted by Gasteiger charge is 2.16. The fourth-order valence-electron chi connectivity index (χ4n) is 3.24. The van der Waals surface area contributed by atoms with Crippen molar-refractivity contribution in [2.45, 2.75) is 51.9 Å². The van der Waals surface area contributed by atoms with E-state index in [1.54, 1.807) is 0 Å². The molecule has 0 amide bonds. The van der Waals surface area contributed by atoms with Crippen molar-refractivity contribution in [2.24, 2.45) is 5.92 Å². The first-order valence-corrected chi connectivity index (χ1v) is 8.03. The molecule has 1 aliphatic rings. The third kappa shape index (κ3) is 5.85. The molecule has 1 aliphatic heterocycles. The van der Waals surface area contributed by atoms with Crippen LogP contribution in [-0.2, 0) is 0 Å². The number of rotatable bonds is 6. The lowest BCUT2D eigenvalue weighted by Crippen LogP contribution is -2.31. The van der Waals surface area contributed by atoms with Crippen molar-refractivity contribution >= 4 is 12.4 Å². The van der Waals surface area contributed by atoms with Crippen LogP contribution in [0.1, 0.15) is 57.4 Å². The van der Waals surface area contributed by atoms with Gasteiger partial charge in [0, 0.05) is 0 Å². The van der Waals surface area contributed by atoms with Gasteiger partial charge in [0.2, 0.25) is 0 Å². The minimum absolute atomic E-state index is 0. The van der Waals surface area contributed by atoms with Crippen LogP contribution in [0.25, 0.3) is 0 Å². The molecule has 114 valence electrons. The molecule has 0 bridgehead atoms. The molecule has 1 atom stereocenters. The van der Waals surface area contributed by atoms with E-state index in [-0.39, 0.29) is 12.4 Å². The first-order chi connectivity index (χ1) is 9.25. The molecule has 1 aromatic rings. The van der Waals surface area contributed by atoms with Gasteiger partial charge in [0.1, 0.15) is 0 Å². The van der Waals surface area contributed by atoms with Crippen LogP contribution in [0.3, 0.4) is 0 Å². The minimum atomic E-state index is 0. The second-order valence-corrected chi connectivity index (χ2v) is 6.43. The zero-order chi connectivity index (χ0) is 13.5. The molecule has 0 aliphatic carbocycles. The molecule has 1 unspecified atom stereocenters. The first-order valence-electron chi connectivity index (χ1n) is 8.03. The Morgan fingerprint density at radius 2 is 1.65 bits per heavy atom. The predicted octanol–water partition coefficient (Wildman–Crippen LogP) is 5.11. The average Bonchev–Trinajstić information content (AvgIpc) is 2.45. The van der Waals surface area contributed by atoms with Crippen LogP contribution in [0.4, 0.5) is 0 Å². The molecule has 0 spiro atoms. The van der Waals surface area contributed by atoms with Gasteiger partial charge in [-0.15, -0.1) is 12.4 Å². The molecule has 0 N–H and O–H groups in total. The van der Waals surface area contributed by atoms with Gasteiger partial charge in [-0.3, -0.25) is 0 Å². The van der Waals surface area contributed by atoms with Crippen LogP contribution in [0, 0.1) is 5.92 Å². The van der Waals surface area contributed by atoms with E-state index in [0.717, 1.165) is 11.8 Å². The zero-order valence-corrected chi connectivity index (χ0v) is 13.9. The Kier molecular flexibility index (Phi) is 8.25. The van der Waals surface area contributed by atoms with Gasteiger partial charge in [-0.1, -0.05) is 50.6 Å². The molecular formula is C18H30ClN. The Labute approximate surface area is 131 Å². The van der Waals surface area contributed by atoms with Crippen molar-refractivity contribution in [1.82, 2.24) is 4.90 Å². The highest BCUT2D eigenvalue weighted by atomic mass is 35.5. The standard InChI is InChI=1S/C18H29N.ClH/c1-16(2)15-18(17-9-5-3-6-10-17)11-14-19-12-7-4-8-13-19;/h3,5-6,9-10,16,18H,4,7-8,11-15H2,1-2H3;1H. The lowest BCUT2D eigenvalue weighted by molar-refractivity contribution is 0.218. The van der Waals surface area contributed by atoms with Gasteiger partial charge in [0.15, 0.2) is 0 Å². The molecule has 1 saturated heterocycles. The van der Waals surface area contributed by atoms with Gasteiger partial charge in [-0.25, -0.2) is 0 Å². The number of piperidine rings is 1. The summed E-state index contributed by atoms with van der Waals surface area (Å²) in [6.45, 7) is 8.62. The molecular weight excluding hydrogens is 266 g/mol. The Morgan fingerprint density at radius 3 is 2.25 bits per heavy atom. The molecule has 1 fully saturated rings. The highest BCUT2D eigenvalue weighted by Crippen LogP contribution is 2.27. The summed E-state index contributed by atoms with van der Waals surface area (Å²) in [5.74, 6) is 1.52. The Bertz CT molecular complexity index is 344. The highest BCUT2D eigenvalue weighted by molar-refractivity contribution is 5.85. The smallest absolute Gasteiger partial charge is 0.00129 e. The number of hydrogen-bond donors (Lipinski definition) is 0. The van der Waals surface area contributed by atoms with E-state index in [1.165, 1.54) is 57.3 Å². The number of benzene rings is 1. The van der Waals surface area contributed by atoms with Gasteiger partial charge in [0.05, 0.1) is 0 Å². The summed E-state index contributed by atoms with van der Waals surface area (Å²) in [4.78, 5) is 2.67. The van der Waals surface area contributed by atoms with Gasteiger partial charge in [-0.05, 0) is 62.7 Å². The summed E-state index contributed by atoms with van der Waals surface area (Å²) in [7, 11) is 0. The maximum absolute atomic E-state index is 2.67. The quantitative estimate of drug-likeness (QED) is 0.704. The van der Waals surface area contributed by atoms with E-state index < -0.39 is 0 Å². The van der Waals surface area contributed by atoms with Crippen molar-refractivity contribution in [3.63, 3.8) is 0 Å². The Balaban J connectivity index is 0.00000200. The van der Waals surface area contributed by atoms with Crippen LogP contribution in [0.15, 0.2) is 30.3 Å². The lowest BCUT2D eigenvalue weighted by atomic mass is 9.87. The second-order valence-electron chi connectivity index (χ2n) is 6.43. The number of hydrogen-bond acceptors (Lipinski definition) is 1. The van der Waals surface area contributed by atoms with Gasteiger partial charge >= 0.3 is 0 Å². The topological polar surface area (TPSA) is 3.24 Å². The molecule has 0 aromatic heterocycles. The van der Waals surface area contributed by atoms with Crippen molar-refractivity contribution in [3.8, 4) is 0 Å². The van der Waals surface area contributed by atoms with E-state index in [1.807, 2.05) is 0 Å². The second kappa shape index (κ2) is 9.41. The van der Waals surface area contributed by atoms with Crippen LogP contribution in [0.5, 0.6) is 0 Å². The summed E-state index contributed by atoms with van der Waals surface area (Å²) in [5, 5.41) is 0. The summed E-state index contributed by atoms with van der Waals surface area (Å²) in [6.07, 6.45) is 6.88. The summed E-state index contributed by atoms with van der Waals surface area (Å²) in [5.41, 5.74) is 1.54. The van der Waals surface area contributed by atoms with E-state index >= 15 is 0 Å². The van der Waals surface area contributed by atoms with E-state index in [2.05, 4.69) is 49.1 Å². The van der Waals surface area contributed by atoms with Gasteiger partial charge in [0.25, 0.3) is 0 Å². The van der Waals surface area contributed by atoms with Crippen LogP contribution >= 0.6 is 12.4 Å². The molecule has 20 heavy (non-hydrogen) atoms. The molecule has 2 heteroatoms. The average molecular weight is 296 g/mol. The molecule has 1 aromatic carbocycles. The maximum Gasteiger partial charge on any atom is -0.00129 e. The Hall–Kier alpha value is -0.530. The molecule has 0 radical (unpaired) electrons. The Morgan fingerprint density at radius 1 is 1.00 bits per heavy atom. The van der Waals surface area contributed by atoms with Crippen molar-refractivity contribution in [1.29, 1.82) is 0 Å². The summed E-state index contributed by atoms with van der Waals surface area (Å²) in [6, 6.07) is 11.1. The number of nitrogens with zero attached hydrogens (tertiary/aromatic N) is 1. The zero-order valence-electron chi connectivity index (χ0n) is 13.1. The van der Waals surface area contributed by atoms with Crippen LogP contribution in [-0.4, -0.2) is 24.5 Å². The van der Waals surface area contributed by atoms with E-state index in [9.17, 15) is 0 Å². The fourth-order valence-corrected chi connectivity index (χ4v) is 3.24. The van der Waals surface area contributed by atoms with Crippen molar-refractivity contribution in [3.05, 3.63) is 35.9 Å². The predicted molar refractivity (Wildman–Crippen MR) is 90.8 cm³/mol. The van der Waals surface area contributed by atoms with Crippen molar-refractivity contribution < 1.29 is 0 Å². The summed E-state index contributed by atoms with van der Waals surface area (Å²) < 4.78 is 0. The SMILES string of the molecule is CC(C)CC(CCN1CCCCC1)c1ccccc1.Cl. The molecule has 1 nitrogen and oxygen atoms in total. The lowest BCUT2D eigenvalue weighted by Gasteiger charge is -2.29. The van der Waals surface area contributed by atoms with E-state index in [4.69, 9.17) is 0 Å². The van der Waals surface area contributed by atoms with Crippen LogP contribution in [0.2, 0.25) is 0 Å². The van der Waals surface area contributed by atoms with E-state index in [0.29, 0.717) is 0 Å². The third-order valence-electron chi connectivity index (χ3n) is 4.27. The molecule has 1 heterocycles. The monoisotopic (exact) mass is 295 g/mol. The number of halogens is 1. The largest absolute Gasteiger partial charge is 0.303 e. The van der Waals surface area contributed by atoms with Gasteiger partial charge in [-0.2, -0.15) is 0 Å². The third-order valence-corrected chi connectivity index (χ3v) is 4.27.